The van der Waals surface area contributed by atoms with Crippen LogP contribution in [0.15, 0.2) is 77.0 Å². The second-order valence-corrected chi connectivity index (χ2v) is 7.89. The van der Waals surface area contributed by atoms with Crippen LogP contribution in [0.3, 0.4) is 0 Å². The predicted octanol–water partition coefficient (Wildman–Crippen LogP) is 4.28. The Bertz CT molecular complexity index is 1100. The molecule has 1 aliphatic heterocycles. The summed E-state index contributed by atoms with van der Waals surface area (Å²) in [6.45, 7) is 4.40. The Morgan fingerprint density at radius 2 is 1.75 bits per heavy atom. The summed E-state index contributed by atoms with van der Waals surface area (Å²) in [7, 11) is 0. The fourth-order valence-corrected chi connectivity index (χ4v) is 3.77. The van der Waals surface area contributed by atoms with E-state index in [1.165, 1.54) is 30.9 Å². The molecule has 2 N–H and O–H groups in total. The fraction of sp³-hybridized carbons (Fsp3) is 0.231. The summed E-state index contributed by atoms with van der Waals surface area (Å²) in [6.07, 6.45) is 5.52. The van der Waals surface area contributed by atoms with Gasteiger partial charge in [0, 0.05) is 37.0 Å². The van der Waals surface area contributed by atoms with Gasteiger partial charge in [-0.25, -0.2) is 0 Å². The zero-order valence-electron chi connectivity index (χ0n) is 18.1. The average molecular weight is 430 g/mol. The second kappa shape index (κ2) is 10.0. The molecule has 0 radical (unpaired) electrons. The molecule has 1 fully saturated rings. The monoisotopic (exact) mass is 429 g/mol. The van der Waals surface area contributed by atoms with Gasteiger partial charge >= 0.3 is 0 Å². The first-order chi connectivity index (χ1) is 15.6. The molecule has 0 aliphatic carbocycles. The van der Waals surface area contributed by atoms with Crippen LogP contribution in [-0.4, -0.2) is 24.9 Å². The summed E-state index contributed by atoms with van der Waals surface area (Å²) in [6, 6.07) is 18.9. The molecular formula is C26H27N3O3. The number of rotatable bonds is 7. The van der Waals surface area contributed by atoms with Gasteiger partial charge in [-0.05, 0) is 61.2 Å². The molecule has 3 aromatic rings. The molecule has 164 valence electrons. The maximum atomic E-state index is 12.9. The fourth-order valence-electron chi connectivity index (χ4n) is 3.77. The molecule has 2 amide bonds. The van der Waals surface area contributed by atoms with Crippen LogP contribution in [0.25, 0.3) is 6.08 Å². The minimum atomic E-state index is -0.382. The van der Waals surface area contributed by atoms with Crippen molar-refractivity contribution in [1.29, 1.82) is 0 Å². The Morgan fingerprint density at radius 1 is 1.00 bits per heavy atom. The van der Waals surface area contributed by atoms with E-state index in [0.29, 0.717) is 17.9 Å². The Balaban J connectivity index is 1.44. The molecule has 0 saturated carbocycles. The average Bonchev–Trinajstić information content (AvgIpc) is 3.52. The van der Waals surface area contributed by atoms with Gasteiger partial charge in [0.15, 0.2) is 0 Å². The van der Waals surface area contributed by atoms with Crippen LogP contribution < -0.4 is 15.5 Å². The number of hydrogen-bond donors (Lipinski definition) is 2. The number of aryl methyl sites for hydroxylation is 1. The number of hydrogen-bond acceptors (Lipinski definition) is 4. The van der Waals surface area contributed by atoms with E-state index in [1.54, 1.807) is 24.3 Å². The van der Waals surface area contributed by atoms with Crippen LogP contribution in [0, 0.1) is 6.92 Å². The van der Waals surface area contributed by atoms with E-state index >= 15 is 0 Å². The molecule has 1 saturated heterocycles. The predicted molar refractivity (Wildman–Crippen MR) is 125 cm³/mol. The third kappa shape index (κ3) is 5.27. The Kier molecular flexibility index (Phi) is 6.70. The maximum Gasteiger partial charge on any atom is 0.268 e. The van der Waals surface area contributed by atoms with Crippen molar-refractivity contribution in [2.75, 3.05) is 18.0 Å². The normalized spacial score (nSPS) is 13.8. The highest BCUT2D eigenvalue weighted by molar-refractivity contribution is 6.05. The van der Waals surface area contributed by atoms with Crippen molar-refractivity contribution in [2.24, 2.45) is 0 Å². The molecule has 6 heteroatoms. The van der Waals surface area contributed by atoms with Gasteiger partial charge in [0.2, 0.25) is 0 Å². The van der Waals surface area contributed by atoms with Gasteiger partial charge in [-0.3, -0.25) is 9.59 Å². The number of carbonyl (C=O) groups excluding carboxylic acids is 2. The van der Waals surface area contributed by atoms with Crippen molar-refractivity contribution in [3.8, 4) is 0 Å². The highest BCUT2D eigenvalue weighted by Gasteiger charge is 2.17. The first-order valence-corrected chi connectivity index (χ1v) is 10.8. The zero-order chi connectivity index (χ0) is 22.3. The number of carbonyl (C=O) groups is 2. The molecule has 0 spiro atoms. The van der Waals surface area contributed by atoms with Crippen LogP contribution in [0.1, 0.15) is 40.1 Å². The smallest absolute Gasteiger partial charge is 0.268 e. The summed E-state index contributed by atoms with van der Waals surface area (Å²) < 4.78 is 5.34. The quantitative estimate of drug-likeness (QED) is 0.550. The minimum absolute atomic E-state index is 0.127. The highest BCUT2D eigenvalue weighted by Crippen LogP contribution is 2.20. The van der Waals surface area contributed by atoms with Gasteiger partial charge in [0.1, 0.15) is 11.5 Å². The van der Waals surface area contributed by atoms with E-state index in [-0.39, 0.29) is 17.5 Å². The first-order valence-electron chi connectivity index (χ1n) is 10.8. The molecule has 1 aromatic heterocycles. The van der Waals surface area contributed by atoms with Crippen LogP contribution >= 0.6 is 0 Å². The molecule has 2 heterocycles. The summed E-state index contributed by atoms with van der Waals surface area (Å²) in [5, 5.41) is 5.63. The van der Waals surface area contributed by atoms with Crippen molar-refractivity contribution < 1.29 is 14.0 Å². The third-order valence-corrected chi connectivity index (χ3v) is 5.57. The number of anilines is 1. The molecule has 2 aromatic carbocycles. The van der Waals surface area contributed by atoms with Crippen LogP contribution in [-0.2, 0) is 11.3 Å². The van der Waals surface area contributed by atoms with E-state index in [2.05, 4.69) is 27.7 Å². The molecule has 6 nitrogen and oxygen atoms in total. The Morgan fingerprint density at radius 3 is 2.44 bits per heavy atom. The third-order valence-electron chi connectivity index (χ3n) is 5.57. The summed E-state index contributed by atoms with van der Waals surface area (Å²) >= 11 is 0. The topological polar surface area (TPSA) is 74.6 Å². The molecule has 0 bridgehead atoms. The van der Waals surface area contributed by atoms with Crippen molar-refractivity contribution in [3.63, 3.8) is 0 Å². The van der Waals surface area contributed by atoms with Crippen molar-refractivity contribution in [2.45, 2.75) is 26.3 Å². The van der Waals surface area contributed by atoms with Crippen LogP contribution in [0.4, 0.5) is 5.69 Å². The van der Waals surface area contributed by atoms with Gasteiger partial charge in [0.05, 0.1) is 6.26 Å². The Labute approximate surface area is 187 Å². The minimum Gasteiger partial charge on any atom is -0.465 e. The van der Waals surface area contributed by atoms with Gasteiger partial charge in [0.25, 0.3) is 11.8 Å². The molecule has 0 unspecified atom stereocenters. The number of amides is 2. The lowest BCUT2D eigenvalue weighted by Crippen LogP contribution is -2.34. The molecule has 1 aliphatic rings. The van der Waals surface area contributed by atoms with Gasteiger partial charge < -0.3 is 20.0 Å². The van der Waals surface area contributed by atoms with E-state index in [4.69, 9.17) is 4.42 Å². The van der Waals surface area contributed by atoms with E-state index in [9.17, 15) is 9.59 Å². The lowest BCUT2D eigenvalue weighted by Gasteiger charge is -2.18. The highest BCUT2D eigenvalue weighted by atomic mass is 16.3. The molecule has 32 heavy (non-hydrogen) atoms. The van der Waals surface area contributed by atoms with Gasteiger partial charge in [-0.2, -0.15) is 0 Å². The van der Waals surface area contributed by atoms with E-state index in [1.807, 2.05) is 31.2 Å². The summed E-state index contributed by atoms with van der Waals surface area (Å²) in [5.41, 5.74) is 3.68. The maximum absolute atomic E-state index is 12.9. The van der Waals surface area contributed by atoms with Crippen molar-refractivity contribution in [3.05, 3.63) is 95.1 Å². The molecule has 4 rings (SSSR count). The standard InChI is InChI=1S/C26H27N3O3/c1-19-7-2-3-9-23(19)25(30)28-24(17-22-8-6-16-32-22)26(31)27-18-20-10-12-21(13-11-20)29-14-4-5-15-29/h2-3,6-13,16-17H,4-5,14-15,18H2,1H3,(H,27,31)(H,28,30)/b24-17-. The zero-order valence-corrected chi connectivity index (χ0v) is 18.1. The van der Waals surface area contributed by atoms with Crippen LogP contribution in [0.5, 0.6) is 0 Å². The lowest BCUT2D eigenvalue weighted by atomic mass is 10.1. The summed E-state index contributed by atoms with van der Waals surface area (Å²) in [4.78, 5) is 28.1. The number of nitrogens with one attached hydrogen (secondary N) is 2. The van der Waals surface area contributed by atoms with Crippen molar-refractivity contribution in [1.82, 2.24) is 10.6 Å². The van der Waals surface area contributed by atoms with Gasteiger partial charge in [-0.1, -0.05) is 30.3 Å². The van der Waals surface area contributed by atoms with E-state index < -0.39 is 0 Å². The number of furan rings is 1. The van der Waals surface area contributed by atoms with Crippen LogP contribution in [0.2, 0.25) is 0 Å². The molecule has 0 atom stereocenters. The second-order valence-electron chi connectivity index (χ2n) is 7.89. The van der Waals surface area contributed by atoms with E-state index in [0.717, 1.165) is 24.2 Å². The lowest BCUT2D eigenvalue weighted by molar-refractivity contribution is -0.117. The first kappa shape index (κ1) is 21.4. The Hall–Kier alpha value is -3.80. The number of benzene rings is 2. The molecular weight excluding hydrogens is 402 g/mol. The largest absolute Gasteiger partial charge is 0.465 e. The number of nitrogens with zero attached hydrogens (tertiary/aromatic N) is 1. The SMILES string of the molecule is Cc1ccccc1C(=O)N/C(=C\c1ccco1)C(=O)NCc1ccc(N2CCCC2)cc1. The van der Waals surface area contributed by atoms with Gasteiger partial charge in [-0.15, -0.1) is 0 Å². The van der Waals surface area contributed by atoms with Crippen molar-refractivity contribution >= 4 is 23.6 Å². The summed E-state index contributed by atoms with van der Waals surface area (Å²) in [5.74, 6) is -0.242.